The second-order valence-electron chi connectivity index (χ2n) is 5.00. The summed E-state index contributed by atoms with van der Waals surface area (Å²) < 4.78 is 0. The summed E-state index contributed by atoms with van der Waals surface area (Å²) in [5.74, 6) is -0.148. The first-order chi connectivity index (χ1) is 7.83. The van der Waals surface area contributed by atoms with Gasteiger partial charge in [-0.25, -0.2) is 0 Å². The van der Waals surface area contributed by atoms with Gasteiger partial charge in [0.1, 0.15) is 0 Å². The Bertz CT molecular complexity index is 399. The molecule has 0 radical (unpaired) electrons. The molecule has 0 bridgehead atoms. The number of rotatable bonds is 4. The second-order valence-corrected chi connectivity index (χ2v) is 5.44. The smallest absolute Gasteiger partial charge is 0.182 e. The molecule has 2 N–H and O–H groups in total. The molecule has 0 heterocycles. The summed E-state index contributed by atoms with van der Waals surface area (Å²) >= 11 is 5.83. The van der Waals surface area contributed by atoms with Crippen LogP contribution in [0.1, 0.15) is 31.1 Å². The maximum Gasteiger partial charge on any atom is 0.182 e. The van der Waals surface area contributed by atoms with E-state index in [9.17, 15) is 9.90 Å². The molecule has 0 aliphatic carbocycles. The Morgan fingerprint density at radius 2 is 2.12 bits per heavy atom. The van der Waals surface area contributed by atoms with Crippen LogP contribution < -0.4 is 5.32 Å². The Morgan fingerprint density at radius 3 is 2.59 bits per heavy atom. The monoisotopic (exact) mass is 255 g/mol. The predicted molar refractivity (Wildman–Crippen MR) is 69.5 cm³/mol. The van der Waals surface area contributed by atoms with E-state index in [2.05, 4.69) is 5.32 Å². The van der Waals surface area contributed by atoms with Crippen molar-refractivity contribution in [1.82, 2.24) is 5.32 Å². The largest absolute Gasteiger partial charge is 0.394 e. The van der Waals surface area contributed by atoms with Crippen LogP contribution in [0.15, 0.2) is 24.3 Å². The Kier molecular flexibility index (Phi) is 4.69. The first-order valence-corrected chi connectivity index (χ1v) is 5.89. The Labute approximate surface area is 107 Å². The van der Waals surface area contributed by atoms with Crippen LogP contribution >= 0.6 is 11.6 Å². The van der Waals surface area contributed by atoms with Gasteiger partial charge in [-0.2, -0.15) is 0 Å². The highest BCUT2D eigenvalue weighted by Crippen LogP contribution is 2.13. The molecule has 1 rings (SSSR count). The molecule has 0 saturated heterocycles. The third-order valence-electron chi connectivity index (χ3n) is 2.22. The van der Waals surface area contributed by atoms with Crippen LogP contribution in [-0.2, 0) is 0 Å². The van der Waals surface area contributed by atoms with Crippen molar-refractivity contribution in [3.8, 4) is 0 Å². The van der Waals surface area contributed by atoms with Crippen molar-refractivity contribution in [2.45, 2.75) is 32.4 Å². The van der Waals surface area contributed by atoms with E-state index >= 15 is 0 Å². The highest BCUT2D eigenvalue weighted by Gasteiger charge is 2.23. The van der Waals surface area contributed by atoms with Gasteiger partial charge < -0.3 is 10.4 Å². The van der Waals surface area contributed by atoms with Crippen molar-refractivity contribution in [2.75, 3.05) is 6.61 Å². The minimum atomic E-state index is -0.603. The minimum absolute atomic E-state index is 0.148. The van der Waals surface area contributed by atoms with Gasteiger partial charge in [-0.1, -0.05) is 23.7 Å². The number of hydrogen-bond donors (Lipinski definition) is 2. The lowest BCUT2D eigenvalue weighted by Gasteiger charge is -2.26. The predicted octanol–water partition coefficient (Wildman–Crippen LogP) is 2.27. The van der Waals surface area contributed by atoms with E-state index in [1.54, 1.807) is 24.3 Å². The van der Waals surface area contributed by atoms with E-state index in [1.165, 1.54) is 0 Å². The van der Waals surface area contributed by atoms with Crippen molar-refractivity contribution in [1.29, 1.82) is 0 Å². The molecular weight excluding hydrogens is 238 g/mol. The van der Waals surface area contributed by atoms with E-state index in [4.69, 9.17) is 11.6 Å². The zero-order valence-corrected chi connectivity index (χ0v) is 11.1. The zero-order valence-electron chi connectivity index (χ0n) is 10.3. The second kappa shape index (κ2) is 5.63. The number of halogens is 1. The fourth-order valence-electron chi connectivity index (χ4n) is 1.56. The van der Waals surface area contributed by atoms with Gasteiger partial charge in [-0.05, 0) is 32.9 Å². The molecule has 94 valence electrons. The topological polar surface area (TPSA) is 49.3 Å². The van der Waals surface area contributed by atoms with Gasteiger partial charge in [-0.15, -0.1) is 0 Å². The van der Waals surface area contributed by atoms with E-state index in [-0.39, 0.29) is 17.9 Å². The molecule has 1 aromatic rings. The summed E-state index contributed by atoms with van der Waals surface area (Å²) in [6, 6.07) is 6.14. The van der Waals surface area contributed by atoms with Crippen LogP contribution in [0, 0.1) is 0 Å². The molecule has 1 atom stereocenters. The molecule has 0 aromatic heterocycles. The van der Waals surface area contributed by atoms with E-state index in [0.717, 1.165) is 0 Å². The lowest BCUT2D eigenvalue weighted by atomic mass is 10.0. The summed E-state index contributed by atoms with van der Waals surface area (Å²) in [5, 5.41) is 12.9. The lowest BCUT2D eigenvalue weighted by molar-refractivity contribution is 0.0873. The summed E-state index contributed by atoms with van der Waals surface area (Å²) in [6.45, 7) is 5.60. The number of aliphatic hydroxyl groups is 1. The molecular formula is C13H18ClNO2. The van der Waals surface area contributed by atoms with Crippen molar-refractivity contribution < 1.29 is 9.90 Å². The zero-order chi connectivity index (χ0) is 13.1. The number of hydrogen-bond acceptors (Lipinski definition) is 3. The van der Waals surface area contributed by atoms with Gasteiger partial charge in [0.05, 0.1) is 12.6 Å². The minimum Gasteiger partial charge on any atom is -0.394 e. The van der Waals surface area contributed by atoms with Gasteiger partial charge in [0.15, 0.2) is 5.78 Å². The van der Waals surface area contributed by atoms with Crippen molar-refractivity contribution in [3.63, 3.8) is 0 Å². The summed E-state index contributed by atoms with van der Waals surface area (Å²) in [5.41, 5.74) is 0.273. The van der Waals surface area contributed by atoms with Crippen molar-refractivity contribution >= 4 is 17.4 Å². The van der Waals surface area contributed by atoms with Gasteiger partial charge in [0.2, 0.25) is 0 Å². The van der Waals surface area contributed by atoms with Gasteiger partial charge in [-0.3, -0.25) is 4.79 Å². The lowest BCUT2D eigenvalue weighted by Crippen LogP contribution is -2.49. The third-order valence-corrected chi connectivity index (χ3v) is 2.45. The molecule has 0 amide bonds. The quantitative estimate of drug-likeness (QED) is 0.812. The van der Waals surface area contributed by atoms with Crippen molar-refractivity contribution in [3.05, 3.63) is 34.9 Å². The van der Waals surface area contributed by atoms with Gasteiger partial charge in [0.25, 0.3) is 0 Å². The average molecular weight is 256 g/mol. The average Bonchev–Trinajstić information content (AvgIpc) is 2.23. The fourth-order valence-corrected chi connectivity index (χ4v) is 1.75. The maximum atomic E-state index is 12.1. The van der Waals surface area contributed by atoms with E-state index < -0.39 is 6.04 Å². The Balaban J connectivity index is 2.87. The number of benzene rings is 1. The molecule has 0 fully saturated rings. The fraction of sp³-hybridized carbons (Fsp3) is 0.462. The normalized spacial score (nSPS) is 13.5. The molecule has 3 nitrogen and oxygen atoms in total. The summed E-state index contributed by atoms with van der Waals surface area (Å²) in [6.07, 6.45) is 0. The molecule has 0 aliphatic rings. The highest BCUT2D eigenvalue weighted by atomic mass is 35.5. The number of carbonyl (C=O) groups excluding carboxylic acids is 1. The first-order valence-electron chi connectivity index (χ1n) is 5.52. The standard InChI is InChI=1S/C13H18ClNO2/c1-13(2,3)15-11(8-16)12(17)9-5-4-6-10(14)7-9/h4-7,11,15-16H,8H2,1-3H3/t11-/m1/s1. The van der Waals surface area contributed by atoms with Crippen molar-refractivity contribution in [2.24, 2.45) is 0 Å². The molecule has 17 heavy (non-hydrogen) atoms. The number of nitrogens with one attached hydrogen (secondary N) is 1. The summed E-state index contributed by atoms with van der Waals surface area (Å²) in [7, 11) is 0. The molecule has 1 aromatic carbocycles. The molecule has 0 aliphatic heterocycles. The van der Waals surface area contributed by atoms with Crippen LogP contribution in [-0.4, -0.2) is 29.1 Å². The van der Waals surface area contributed by atoms with Crippen LogP contribution in [0.25, 0.3) is 0 Å². The molecule has 0 saturated carbocycles. The van der Waals surface area contributed by atoms with Gasteiger partial charge >= 0.3 is 0 Å². The number of aliphatic hydroxyl groups excluding tert-OH is 1. The van der Waals surface area contributed by atoms with Gasteiger partial charge in [0, 0.05) is 16.1 Å². The SMILES string of the molecule is CC(C)(C)N[C@H](CO)C(=O)c1cccc(Cl)c1. The first kappa shape index (κ1) is 14.2. The number of Topliss-reactive ketones (excluding diaryl/α,β-unsaturated/α-hetero) is 1. The van der Waals surface area contributed by atoms with E-state index in [1.807, 2.05) is 20.8 Å². The van der Waals surface area contributed by atoms with Crippen LogP contribution in [0.5, 0.6) is 0 Å². The maximum absolute atomic E-state index is 12.1. The Hall–Kier alpha value is -0.900. The molecule has 4 heteroatoms. The highest BCUT2D eigenvalue weighted by molar-refractivity contribution is 6.31. The molecule has 0 unspecified atom stereocenters. The van der Waals surface area contributed by atoms with Crippen LogP contribution in [0.3, 0.4) is 0 Å². The summed E-state index contributed by atoms with van der Waals surface area (Å²) in [4.78, 5) is 12.1. The van der Waals surface area contributed by atoms with E-state index in [0.29, 0.717) is 10.6 Å². The van der Waals surface area contributed by atoms with Crippen LogP contribution in [0.4, 0.5) is 0 Å². The van der Waals surface area contributed by atoms with Crippen LogP contribution in [0.2, 0.25) is 5.02 Å². The Morgan fingerprint density at radius 1 is 1.47 bits per heavy atom. The third kappa shape index (κ3) is 4.46. The number of ketones is 1. The number of carbonyl (C=O) groups is 1. The molecule has 0 spiro atoms.